The molecule has 15 heavy (non-hydrogen) atoms. The van der Waals surface area contributed by atoms with Crippen LogP contribution in [0.2, 0.25) is 5.02 Å². The van der Waals surface area contributed by atoms with E-state index in [1.807, 2.05) is 18.3 Å². The number of H-pyrrole nitrogens is 1. The first kappa shape index (κ1) is 9.98. The van der Waals surface area contributed by atoms with Crippen molar-refractivity contribution in [1.29, 1.82) is 0 Å². The highest BCUT2D eigenvalue weighted by Gasteiger charge is 1.95. The molecule has 78 valence electrons. The summed E-state index contributed by atoms with van der Waals surface area (Å²) in [6.07, 6.45) is 6.01. The zero-order chi connectivity index (χ0) is 10.5. The first-order valence-electron chi connectivity index (χ1n) is 4.67. The van der Waals surface area contributed by atoms with Gasteiger partial charge in [-0.15, -0.1) is 0 Å². The van der Waals surface area contributed by atoms with E-state index in [1.165, 1.54) is 0 Å². The van der Waals surface area contributed by atoms with Crippen molar-refractivity contribution in [2.75, 3.05) is 11.9 Å². The average molecular weight is 223 g/mol. The van der Waals surface area contributed by atoms with Crippen molar-refractivity contribution in [1.82, 2.24) is 15.0 Å². The number of hydrogen-bond acceptors (Lipinski definition) is 3. The van der Waals surface area contributed by atoms with Gasteiger partial charge in [-0.25, -0.2) is 9.97 Å². The Labute approximate surface area is 92.7 Å². The molecule has 0 radical (unpaired) electrons. The van der Waals surface area contributed by atoms with Crippen molar-refractivity contribution in [2.45, 2.75) is 6.42 Å². The van der Waals surface area contributed by atoms with Crippen LogP contribution in [0.1, 0.15) is 5.69 Å². The van der Waals surface area contributed by atoms with E-state index < -0.39 is 0 Å². The predicted molar refractivity (Wildman–Crippen MR) is 60.0 cm³/mol. The van der Waals surface area contributed by atoms with Crippen LogP contribution in [0, 0.1) is 0 Å². The lowest BCUT2D eigenvalue weighted by Crippen LogP contribution is -2.06. The number of nitrogens with zero attached hydrogens (tertiary/aromatic N) is 2. The molecule has 0 amide bonds. The Morgan fingerprint density at radius 3 is 2.93 bits per heavy atom. The van der Waals surface area contributed by atoms with Gasteiger partial charge in [0.05, 0.1) is 11.3 Å². The Bertz CT molecular complexity index is 396. The molecule has 0 aliphatic carbocycles. The average Bonchev–Trinajstić information content (AvgIpc) is 2.74. The first-order chi connectivity index (χ1) is 7.34. The van der Waals surface area contributed by atoms with Gasteiger partial charge in [0.2, 0.25) is 0 Å². The van der Waals surface area contributed by atoms with Crippen LogP contribution in [0.25, 0.3) is 0 Å². The van der Waals surface area contributed by atoms with E-state index in [4.69, 9.17) is 11.6 Å². The van der Waals surface area contributed by atoms with Crippen molar-refractivity contribution in [3.8, 4) is 0 Å². The fourth-order valence-electron chi connectivity index (χ4n) is 1.23. The summed E-state index contributed by atoms with van der Waals surface area (Å²) in [4.78, 5) is 11.1. The molecule has 0 saturated carbocycles. The highest BCUT2D eigenvalue weighted by molar-refractivity contribution is 6.30. The first-order valence-corrected chi connectivity index (χ1v) is 5.05. The molecule has 0 bridgehead atoms. The van der Waals surface area contributed by atoms with Gasteiger partial charge in [0.15, 0.2) is 0 Å². The molecule has 2 aromatic heterocycles. The van der Waals surface area contributed by atoms with Gasteiger partial charge in [0.1, 0.15) is 5.82 Å². The van der Waals surface area contributed by atoms with Gasteiger partial charge in [-0.3, -0.25) is 0 Å². The molecule has 5 heteroatoms. The Hall–Kier alpha value is -1.55. The van der Waals surface area contributed by atoms with Gasteiger partial charge in [-0.1, -0.05) is 11.6 Å². The molecule has 0 aliphatic rings. The molecule has 0 atom stereocenters. The van der Waals surface area contributed by atoms with Gasteiger partial charge < -0.3 is 10.3 Å². The zero-order valence-corrected chi connectivity index (χ0v) is 8.83. The van der Waals surface area contributed by atoms with Crippen LogP contribution < -0.4 is 5.32 Å². The lowest BCUT2D eigenvalue weighted by molar-refractivity contribution is 0.968. The maximum atomic E-state index is 5.72. The number of anilines is 1. The number of imidazole rings is 1. The molecule has 2 heterocycles. The quantitative estimate of drug-likeness (QED) is 0.833. The summed E-state index contributed by atoms with van der Waals surface area (Å²) < 4.78 is 0. The van der Waals surface area contributed by atoms with Crippen molar-refractivity contribution >= 4 is 17.4 Å². The van der Waals surface area contributed by atoms with Gasteiger partial charge in [0, 0.05) is 31.1 Å². The third kappa shape index (κ3) is 2.95. The largest absolute Gasteiger partial charge is 0.370 e. The number of pyridine rings is 1. The Balaban J connectivity index is 1.81. The topological polar surface area (TPSA) is 53.6 Å². The van der Waals surface area contributed by atoms with Gasteiger partial charge in [-0.05, 0) is 12.1 Å². The molecule has 2 aromatic rings. The second-order valence-corrected chi connectivity index (χ2v) is 3.55. The molecule has 0 fully saturated rings. The predicted octanol–water partition coefficient (Wildman–Crippen LogP) is 2.11. The zero-order valence-electron chi connectivity index (χ0n) is 8.07. The van der Waals surface area contributed by atoms with Crippen LogP contribution in [0.15, 0.2) is 30.9 Å². The van der Waals surface area contributed by atoms with Gasteiger partial charge >= 0.3 is 0 Å². The van der Waals surface area contributed by atoms with Gasteiger partial charge in [0.25, 0.3) is 0 Å². The summed E-state index contributed by atoms with van der Waals surface area (Å²) in [5.41, 5.74) is 1.11. The minimum Gasteiger partial charge on any atom is -0.370 e. The van der Waals surface area contributed by atoms with Crippen molar-refractivity contribution in [2.24, 2.45) is 0 Å². The van der Waals surface area contributed by atoms with Crippen LogP contribution in [0.5, 0.6) is 0 Å². The van der Waals surface area contributed by atoms with E-state index in [0.717, 1.165) is 24.5 Å². The summed E-state index contributed by atoms with van der Waals surface area (Å²) in [5, 5.41) is 3.84. The molecule has 0 unspecified atom stereocenters. The fourth-order valence-corrected chi connectivity index (χ4v) is 1.34. The normalized spacial score (nSPS) is 10.2. The second-order valence-electron chi connectivity index (χ2n) is 3.12. The molecule has 0 saturated heterocycles. The van der Waals surface area contributed by atoms with E-state index in [1.54, 1.807) is 12.5 Å². The minimum absolute atomic E-state index is 0.647. The molecule has 4 nitrogen and oxygen atoms in total. The fraction of sp³-hybridized carbons (Fsp3) is 0.200. The van der Waals surface area contributed by atoms with Crippen molar-refractivity contribution < 1.29 is 0 Å². The maximum absolute atomic E-state index is 5.72. The van der Waals surface area contributed by atoms with Crippen molar-refractivity contribution in [3.05, 3.63) is 41.6 Å². The van der Waals surface area contributed by atoms with Crippen molar-refractivity contribution in [3.63, 3.8) is 0 Å². The monoisotopic (exact) mass is 222 g/mol. The lowest BCUT2D eigenvalue weighted by atomic mass is 10.3. The number of aromatic amines is 1. The maximum Gasteiger partial charge on any atom is 0.125 e. The second kappa shape index (κ2) is 4.79. The van der Waals surface area contributed by atoms with Crippen LogP contribution in [0.4, 0.5) is 5.82 Å². The number of hydrogen-bond donors (Lipinski definition) is 2. The summed E-state index contributed by atoms with van der Waals surface area (Å²) in [6, 6.07) is 3.67. The number of nitrogens with one attached hydrogen (secondary N) is 2. The Morgan fingerprint density at radius 2 is 2.27 bits per heavy atom. The third-order valence-electron chi connectivity index (χ3n) is 1.98. The number of halogens is 1. The van der Waals surface area contributed by atoms with E-state index in [-0.39, 0.29) is 0 Å². The molecular formula is C10H11ClN4. The summed E-state index contributed by atoms with van der Waals surface area (Å²) in [7, 11) is 0. The Morgan fingerprint density at radius 1 is 1.33 bits per heavy atom. The molecule has 0 aliphatic heterocycles. The Kier molecular flexibility index (Phi) is 3.19. The number of rotatable bonds is 4. The van der Waals surface area contributed by atoms with Crippen LogP contribution in [-0.4, -0.2) is 21.5 Å². The highest BCUT2D eigenvalue weighted by Crippen LogP contribution is 2.09. The van der Waals surface area contributed by atoms with Crippen LogP contribution >= 0.6 is 11.6 Å². The minimum atomic E-state index is 0.647. The summed E-state index contributed by atoms with van der Waals surface area (Å²) in [5.74, 6) is 0.832. The highest BCUT2D eigenvalue weighted by atomic mass is 35.5. The van der Waals surface area contributed by atoms with Crippen LogP contribution in [0.3, 0.4) is 0 Å². The lowest BCUT2D eigenvalue weighted by Gasteiger charge is -2.03. The number of aromatic nitrogens is 3. The van der Waals surface area contributed by atoms with Crippen LogP contribution in [-0.2, 0) is 6.42 Å². The summed E-state index contributed by atoms with van der Waals surface area (Å²) in [6.45, 7) is 0.816. The van der Waals surface area contributed by atoms with E-state index in [2.05, 4.69) is 20.3 Å². The third-order valence-corrected chi connectivity index (χ3v) is 2.21. The molecular weight excluding hydrogens is 212 g/mol. The van der Waals surface area contributed by atoms with E-state index >= 15 is 0 Å². The smallest absolute Gasteiger partial charge is 0.125 e. The summed E-state index contributed by atoms with van der Waals surface area (Å²) >= 11 is 5.72. The van der Waals surface area contributed by atoms with E-state index in [9.17, 15) is 0 Å². The molecule has 0 spiro atoms. The molecule has 2 rings (SSSR count). The van der Waals surface area contributed by atoms with Gasteiger partial charge in [-0.2, -0.15) is 0 Å². The standard InChI is InChI=1S/C10H11ClN4/c11-8-1-2-10(14-5-8)13-4-3-9-6-12-7-15-9/h1-2,5-7H,3-4H2,(H,12,15)(H,13,14). The SMILES string of the molecule is Clc1ccc(NCCc2cnc[nH]2)nc1. The molecule has 2 N–H and O–H groups in total. The molecule has 0 aromatic carbocycles. The van der Waals surface area contributed by atoms with E-state index in [0.29, 0.717) is 5.02 Å².